The van der Waals surface area contributed by atoms with Gasteiger partial charge in [0.2, 0.25) is 0 Å². The number of non-ortho nitro benzene ring substituents is 1. The molecule has 1 saturated heterocycles. The molecule has 0 saturated carbocycles. The maximum absolute atomic E-state index is 11.0. The van der Waals surface area contributed by atoms with Gasteiger partial charge in [-0.05, 0) is 19.8 Å². The largest absolute Gasteiger partial charge is 0.494 e. The smallest absolute Gasteiger partial charge is 0.275 e. The van der Waals surface area contributed by atoms with Gasteiger partial charge in [-0.25, -0.2) is 0 Å². The maximum Gasteiger partial charge on any atom is 0.275 e. The van der Waals surface area contributed by atoms with Gasteiger partial charge in [0.1, 0.15) is 5.75 Å². The summed E-state index contributed by atoms with van der Waals surface area (Å²) in [7, 11) is 0. The number of ether oxygens (including phenoxy) is 1. The lowest BCUT2D eigenvalue weighted by atomic mass is 10.1. The van der Waals surface area contributed by atoms with Crippen molar-refractivity contribution in [1.29, 1.82) is 0 Å². The third-order valence-electron chi connectivity index (χ3n) is 3.22. The van der Waals surface area contributed by atoms with Crippen molar-refractivity contribution in [1.82, 2.24) is 0 Å². The molecule has 104 valence electrons. The van der Waals surface area contributed by atoms with E-state index in [1.165, 1.54) is 6.07 Å². The fraction of sp³-hybridized carbons (Fsp3) is 0.538. The highest BCUT2D eigenvalue weighted by atomic mass is 16.6. The van der Waals surface area contributed by atoms with Gasteiger partial charge in [0.05, 0.1) is 17.6 Å². The van der Waals surface area contributed by atoms with Gasteiger partial charge in [-0.2, -0.15) is 0 Å². The van der Waals surface area contributed by atoms with Crippen LogP contribution in [-0.2, 0) is 0 Å². The van der Waals surface area contributed by atoms with Crippen molar-refractivity contribution in [3.8, 4) is 5.75 Å². The van der Waals surface area contributed by atoms with E-state index in [2.05, 4.69) is 4.90 Å². The summed E-state index contributed by atoms with van der Waals surface area (Å²) in [5, 5.41) is 11.0. The Morgan fingerprint density at radius 1 is 1.53 bits per heavy atom. The molecule has 0 amide bonds. The molecule has 6 nitrogen and oxygen atoms in total. The summed E-state index contributed by atoms with van der Waals surface area (Å²) >= 11 is 0. The fourth-order valence-electron chi connectivity index (χ4n) is 2.35. The molecule has 0 aromatic heterocycles. The molecular formula is C13H19N3O3. The SMILES string of the molecule is CCOc1cc(N2CCC[C@@H](N)C2)cc([N+](=O)[O-])c1. The van der Waals surface area contributed by atoms with Gasteiger partial charge in [0.25, 0.3) is 5.69 Å². The summed E-state index contributed by atoms with van der Waals surface area (Å²) < 4.78 is 5.39. The van der Waals surface area contributed by atoms with Crippen LogP contribution in [0.4, 0.5) is 11.4 Å². The summed E-state index contributed by atoms with van der Waals surface area (Å²) in [6.45, 7) is 3.95. The van der Waals surface area contributed by atoms with E-state index in [1.54, 1.807) is 6.07 Å². The molecule has 2 rings (SSSR count). The second kappa shape index (κ2) is 5.88. The highest BCUT2D eigenvalue weighted by Gasteiger charge is 2.20. The first kappa shape index (κ1) is 13.6. The average molecular weight is 265 g/mol. The van der Waals surface area contributed by atoms with E-state index in [-0.39, 0.29) is 11.7 Å². The van der Waals surface area contributed by atoms with Gasteiger partial charge in [-0.3, -0.25) is 10.1 Å². The molecule has 0 radical (unpaired) electrons. The minimum absolute atomic E-state index is 0.0556. The average Bonchev–Trinajstić information content (AvgIpc) is 2.38. The van der Waals surface area contributed by atoms with E-state index >= 15 is 0 Å². The second-order valence-corrected chi connectivity index (χ2v) is 4.72. The highest BCUT2D eigenvalue weighted by Crippen LogP contribution is 2.30. The molecule has 6 heteroatoms. The molecule has 1 heterocycles. The number of nitrogens with two attached hydrogens (primary N) is 1. The molecule has 1 aromatic carbocycles. The van der Waals surface area contributed by atoms with E-state index in [0.29, 0.717) is 12.4 Å². The van der Waals surface area contributed by atoms with E-state index in [9.17, 15) is 10.1 Å². The molecule has 1 atom stereocenters. The number of anilines is 1. The number of nitro groups is 1. The standard InChI is InChI=1S/C13H19N3O3/c1-2-19-13-7-11(6-12(8-13)16(17)18)15-5-3-4-10(14)9-15/h6-8,10H,2-5,9,14H2,1H3/t10-/m1/s1. The molecule has 0 aliphatic carbocycles. The number of nitrogens with zero attached hydrogens (tertiary/aromatic N) is 2. The van der Waals surface area contributed by atoms with E-state index < -0.39 is 4.92 Å². The van der Waals surface area contributed by atoms with Crippen LogP contribution in [0.5, 0.6) is 5.75 Å². The Kier molecular flexibility index (Phi) is 4.21. The Labute approximate surface area is 112 Å². The number of hydrogen-bond acceptors (Lipinski definition) is 5. The topological polar surface area (TPSA) is 81.6 Å². The molecule has 19 heavy (non-hydrogen) atoms. The van der Waals surface area contributed by atoms with Crippen molar-refractivity contribution in [3.63, 3.8) is 0 Å². The lowest BCUT2D eigenvalue weighted by Crippen LogP contribution is -2.42. The van der Waals surface area contributed by atoms with Crippen molar-refractivity contribution in [3.05, 3.63) is 28.3 Å². The molecule has 1 aromatic rings. The van der Waals surface area contributed by atoms with Crippen molar-refractivity contribution >= 4 is 11.4 Å². The summed E-state index contributed by atoms with van der Waals surface area (Å²) in [4.78, 5) is 12.7. The number of hydrogen-bond donors (Lipinski definition) is 1. The molecule has 0 spiro atoms. The van der Waals surface area contributed by atoms with Crippen LogP contribution in [0.25, 0.3) is 0 Å². The zero-order valence-corrected chi connectivity index (χ0v) is 11.0. The normalized spacial score (nSPS) is 19.3. The van der Waals surface area contributed by atoms with E-state index in [0.717, 1.165) is 31.6 Å². The van der Waals surface area contributed by atoms with Gasteiger partial charge in [0.15, 0.2) is 0 Å². The third-order valence-corrected chi connectivity index (χ3v) is 3.22. The number of benzene rings is 1. The third kappa shape index (κ3) is 3.35. The van der Waals surface area contributed by atoms with Crippen molar-refractivity contribution < 1.29 is 9.66 Å². The summed E-state index contributed by atoms with van der Waals surface area (Å²) in [5.74, 6) is 0.533. The molecular weight excluding hydrogens is 246 g/mol. The lowest BCUT2D eigenvalue weighted by Gasteiger charge is -2.32. The molecule has 0 unspecified atom stereocenters. The van der Waals surface area contributed by atoms with Gasteiger partial charge in [-0.15, -0.1) is 0 Å². The summed E-state index contributed by atoms with van der Waals surface area (Å²) in [6, 6.07) is 5.01. The number of nitro benzene ring substituents is 1. The fourth-order valence-corrected chi connectivity index (χ4v) is 2.35. The number of rotatable bonds is 4. The van der Waals surface area contributed by atoms with Crippen molar-refractivity contribution in [2.45, 2.75) is 25.8 Å². The zero-order valence-electron chi connectivity index (χ0n) is 11.0. The Hall–Kier alpha value is -1.82. The Morgan fingerprint density at radius 3 is 2.95 bits per heavy atom. The van der Waals surface area contributed by atoms with Crippen LogP contribution >= 0.6 is 0 Å². The van der Waals surface area contributed by atoms with Gasteiger partial charge in [-0.1, -0.05) is 0 Å². The monoisotopic (exact) mass is 265 g/mol. The number of piperidine rings is 1. The van der Waals surface area contributed by atoms with Gasteiger partial charge < -0.3 is 15.4 Å². The van der Waals surface area contributed by atoms with Crippen LogP contribution < -0.4 is 15.4 Å². The van der Waals surface area contributed by atoms with Gasteiger partial charge >= 0.3 is 0 Å². The quantitative estimate of drug-likeness (QED) is 0.664. The molecule has 1 aliphatic heterocycles. The van der Waals surface area contributed by atoms with Crippen LogP contribution in [0.15, 0.2) is 18.2 Å². The van der Waals surface area contributed by atoms with Crippen LogP contribution in [0, 0.1) is 10.1 Å². The zero-order chi connectivity index (χ0) is 13.8. The second-order valence-electron chi connectivity index (χ2n) is 4.72. The van der Waals surface area contributed by atoms with E-state index in [4.69, 9.17) is 10.5 Å². The summed E-state index contributed by atoms with van der Waals surface area (Å²) in [5.41, 5.74) is 6.82. The first-order valence-electron chi connectivity index (χ1n) is 6.53. The molecule has 2 N–H and O–H groups in total. The van der Waals surface area contributed by atoms with Crippen LogP contribution in [-0.4, -0.2) is 30.7 Å². The summed E-state index contributed by atoms with van der Waals surface area (Å²) in [6.07, 6.45) is 2.01. The molecule has 0 bridgehead atoms. The van der Waals surface area contributed by atoms with Gasteiger partial charge in [0, 0.05) is 37.0 Å². The van der Waals surface area contributed by atoms with Crippen LogP contribution in [0.3, 0.4) is 0 Å². The predicted octanol–water partition coefficient (Wildman–Crippen LogP) is 1.92. The highest BCUT2D eigenvalue weighted by molar-refractivity contribution is 5.58. The molecule has 1 aliphatic rings. The minimum Gasteiger partial charge on any atom is -0.494 e. The first-order valence-corrected chi connectivity index (χ1v) is 6.53. The predicted molar refractivity (Wildman–Crippen MR) is 73.7 cm³/mol. The minimum atomic E-state index is -0.393. The van der Waals surface area contributed by atoms with Crippen molar-refractivity contribution in [2.24, 2.45) is 5.73 Å². The van der Waals surface area contributed by atoms with Crippen molar-refractivity contribution in [2.75, 3.05) is 24.6 Å². The lowest BCUT2D eigenvalue weighted by molar-refractivity contribution is -0.384. The molecule has 1 fully saturated rings. The van der Waals surface area contributed by atoms with Crippen LogP contribution in [0.2, 0.25) is 0 Å². The van der Waals surface area contributed by atoms with E-state index in [1.807, 2.05) is 13.0 Å². The Morgan fingerprint density at radius 2 is 2.32 bits per heavy atom. The maximum atomic E-state index is 11.0. The Bertz CT molecular complexity index is 464. The van der Waals surface area contributed by atoms with Crippen LogP contribution in [0.1, 0.15) is 19.8 Å². The Balaban J connectivity index is 2.29. The first-order chi connectivity index (χ1) is 9.10.